The average molecular weight is 258 g/mol. The summed E-state index contributed by atoms with van der Waals surface area (Å²) < 4.78 is 37.7. The molecule has 99 valence electrons. The monoisotopic (exact) mass is 258 g/mol. The van der Waals surface area contributed by atoms with Crippen LogP contribution in [0.3, 0.4) is 0 Å². The first-order valence-electron chi connectivity index (χ1n) is 5.53. The highest BCUT2D eigenvalue weighted by atomic mass is 19.4. The third kappa shape index (κ3) is 2.69. The highest BCUT2D eigenvalue weighted by Gasteiger charge is 2.33. The minimum Gasteiger partial charge on any atom is -0.360 e. The molecule has 0 saturated carbocycles. The Hall–Kier alpha value is -1.43. The molecule has 1 aliphatic rings. The van der Waals surface area contributed by atoms with E-state index < -0.39 is 17.3 Å². The lowest BCUT2D eigenvalue weighted by atomic mass is 10.1. The van der Waals surface area contributed by atoms with Crippen LogP contribution in [0.5, 0.6) is 0 Å². The Morgan fingerprint density at radius 1 is 1.28 bits per heavy atom. The van der Waals surface area contributed by atoms with Gasteiger partial charge in [0.15, 0.2) is 0 Å². The van der Waals surface area contributed by atoms with Crippen molar-refractivity contribution in [1.82, 2.24) is 0 Å². The van der Waals surface area contributed by atoms with Gasteiger partial charge < -0.3 is 16.0 Å². The molecule has 1 aromatic rings. The second-order valence-corrected chi connectivity index (χ2v) is 5.12. The zero-order chi connectivity index (χ0) is 13.6. The van der Waals surface area contributed by atoms with Crippen LogP contribution in [0.1, 0.15) is 19.4 Å². The summed E-state index contributed by atoms with van der Waals surface area (Å²) in [5, 5.41) is 2.83. The van der Waals surface area contributed by atoms with Gasteiger partial charge in [-0.25, -0.2) is 0 Å². The topological polar surface area (TPSA) is 41.3 Å². The number of anilines is 2. The Kier molecular flexibility index (Phi) is 2.93. The second kappa shape index (κ2) is 4.05. The third-order valence-corrected chi connectivity index (χ3v) is 2.59. The molecule has 1 radical (unpaired) electrons. The Morgan fingerprint density at radius 2 is 1.94 bits per heavy atom. The van der Waals surface area contributed by atoms with Crippen LogP contribution >= 0.6 is 0 Å². The molecule has 0 amide bonds. The van der Waals surface area contributed by atoms with Gasteiger partial charge in [-0.05, 0) is 32.0 Å². The number of halogens is 3. The van der Waals surface area contributed by atoms with Crippen LogP contribution in [0.15, 0.2) is 18.2 Å². The molecule has 0 aromatic heterocycles. The summed E-state index contributed by atoms with van der Waals surface area (Å²) in [4.78, 5) is 1.81. The summed E-state index contributed by atoms with van der Waals surface area (Å²) in [5.41, 5.74) is 5.98. The maximum atomic E-state index is 12.6. The van der Waals surface area contributed by atoms with Gasteiger partial charge in [-0.2, -0.15) is 13.2 Å². The van der Waals surface area contributed by atoms with Gasteiger partial charge in [0, 0.05) is 12.1 Å². The molecule has 0 bridgehead atoms. The second-order valence-electron chi connectivity index (χ2n) is 5.12. The van der Waals surface area contributed by atoms with Crippen molar-refractivity contribution in [2.24, 2.45) is 5.73 Å². The summed E-state index contributed by atoms with van der Waals surface area (Å²) in [7, 11) is 0. The molecule has 3 N–H and O–H groups in total. The number of alkyl halides is 3. The lowest BCUT2D eigenvalue weighted by molar-refractivity contribution is -0.137. The summed E-state index contributed by atoms with van der Waals surface area (Å²) in [5.74, 6) is 0. The smallest absolute Gasteiger partial charge is 0.360 e. The highest BCUT2D eigenvalue weighted by molar-refractivity contribution is 5.77. The SMILES string of the molecule is CC(C)(N)CN1[CH]Nc2cc(C(F)(F)F)ccc21. The number of nitrogens with zero attached hydrogens (tertiary/aromatic N) is 1. The van der Waals surface area contributed by atoms with Crippen LogP contribution in [-0.4, -0.2) is 12.1 Å². The number of nitrogens with one attached hydrogen (secondary N) is 1. The molecule has 0 spiro atoms. The maximum absolute atomic E-state index is 12.6. The molecule has 0 fully saturated rings. The Balaban J connectivity index is 2.26. The van der Waals surface area contributed by atoms with E-state index in [4.69, 9.17) is 5.73 Å². The zero-order valence-electron chi connectivity index (χ0n) is 10.2. The Labute approximate surface area is 104 Å². The lowest BCUT2D eigenvalue weighted by Gasteiger charge is -2.27. The number of hydrogen-bond acceptors (Lipinski definition) is 3. The number of benzene rings is 1. The van der Waals surface area contributed by atoms with Crippen LogP contribution < -0.4 is 16.0 Å². The molecule has 2 rings (SSSR count). The predicted molar refractivity (Wildman–Crippen MR) is 65.0 cm³/mol. The van der Waals surface area contributed by atoms with Crippen LogP contribution in [0, 0.1) is 6.67 Å². The van der Waals surface area contributed by atoms with Crippen molar-refractivity contribution >= 4 is 11.4 Å². The largest absolute Gasteiger partial charge is 0.416 e. The highest BCUT2D eigenvalue weighted by Crippen LogP contribution is 2.39. The van der Waals surface area contributed by atoms with Crippen LogP contribution in [0.25, 0.3) is 0 Å². The van der Waals surface area contributed by atoms with E-state index in [1.165, 1.54) is 6.07 Å². The van der Waals surface area contributed by atoms with E-state index in [2.05, 4.69) is 5.32 Å². The Morgan fingerprint density at radius 3 is 2.50 bits per heavy atom. The fraction of sp³-hybridized carbons (Fsp3) is 0.417. The summed E-state index contributed by atoms with van der Waals surface area (Å²) in [6, 6.07) is 3.64. The molecule has 1 heterocycles. The minimum absolute atomic E-state index is 0.428. The third-order valence-electron chi connectivity index (χ3n) is 2.59. The summed E-state index contributed by atoms with van der Waals surface area (Å²) in [6.45, 7) is 5.89. The lowest BCUT2D eigenvalue weighted by Crippen LogP contribution is -2.44. The number of fused-ring (bicyclic) bond motifs is 1. The van der Waals surface area contributed by atoms with Gasteiger partial charge in [0.1, 0.15) is 6.67 Å². The van der Waals surface area contributed by atoms with Crippen molar-refractivity contribution in [1.29, 1.82) is 0 Å². The molecule has 1 aromatic carbocycles. The Bertz CT molecular complexity index is 449. The molecule has 0 unspecified atom stereocenters. The van der Waals surface area contributed by atoms with Crippen molar-refractivity contribution in [2.45, 2.75) is 25.6 Å². The van der Waals surface area contributed by atoms with E-state index >= 15 is 0 Å². The fourth-order valence-corrected chi connectivity index (χ4v) is 1.87. The first-order valence-corrected chi connectivity index (χ1v) is 5.53. The molecule has 18 heavy (non-hydrogen) atoms. The van der Waals surface area contributed by atoms with Crippen molar-refractivity contribution in [3.05, 3.63) is 30.4 Å². The zero-order valence-corrected chi connectivity index (χ0v) is 10.2. The molecular weight excluding hydrogens is 243 g/mol. The van der Waals surface area contributed by atoms with Gasteiger partial charge in [-0.1, -0.05) is 0 Å². The van der Waals surface area contributed by atoms with Crippen molar-refractivity contribution in [2.75, 3.05) is 16.8 Å². The molecule has 0 aliphatic carbocycles. The molecule has 6 heteroatoms. The van der Waals surface area contributed by atoms with Gasteiger partial charge in [-0.15, -0.1) is 0 Å². The standard InChI is InChI=1S/C12H15F3N3/c1-11(2,16)6-18-7-17-9-5-8(12(13,14)15)3-4-10(9)18/h3-5,7,17H,6,16H2,1-2H3. The quantitative estimate of drug-likeness (QED) is 0.857. The summed E-state index contributed by atoms with van der Waals surface area (Å²) in [6.07, 6.45) is -4.32. The predicted octanol–water partition coefficient (Wildman–Crippen LogP) is 2.79. The van der Waals surface area contributed by atoms with E-state index in [1.807, 2.05) is 18.7 Å². The summed E-state index contributed by atoms with van der Waals surface area (Å²) >= 11 is 0. The van der Waals surface area contributed by atoms with Crippen LogP contribution in [0.2, 0.25) is 0 Å². The van der Waals surface area contributed by atoms with Crippen LogP contribution in [0.4, 0.5) is 24.5 Å². The molecule has 1 aliphatic heterocycles. The number of nitrogens with two attached hydrogens (primary N) is 1. The number of rotatable bonds is 2. The van der Waals surface area contributed by atoms with Gasteiger partial charge in [0.2, 0.25) is 0 Å². The molecule has 0 atom stereocenters. The first-order chi connectivity index (χ1) is 8.17. The molecule has 3 nitrogen and oxygen atoms in total. The minimum atomic E-state index is -4.32. The van der Waals surface area contributed by atoms with E-state index in [0.29, 0.717) is 17.9 Å². The number of hydrogen-bond donors (Lipinski definition) is 2. The van der Waals surface area contributed by atoms with Gasteiger partial charge in [0.25, 0.3) is 0 Å². The first kappa shape index (κ1) is 13.0. The van der Waals surface area contributed by atoms with Gasteiger partial charge >= 0.3 is 6.18 Å². The fourth-order valence-electron chi connectivity index (χ4n) is 1.87. The van der Waals surface area contributed by atoms with Crippen molar-refractivity contribution in [3.63, 3.8) is 0 Å². The van der Waals surface area contributed by atoms with Crippen molar-refractivity contribution in [3.8, 4) is 0 Å². The van der Waals surface area contributed by atoms with E-state index in [0.717, 1.165) is 12.1 Å². The van der Waals surface area contributed by atoms with Gasteiger partial charge in [0.05, 0.1) is 16.9 Å². The van der Waals surface area contributed by atoms with Gasteiger partial charge in [-0.3, -0.25) is 0 Å². The van der Waals surface area contributed by atoms with E-state index in [9.17, 15) is 13.2 Å². The van der Waals surface area contributed by atoms with Crippen LogP contribution in [-0.2, 0) is 6.18 Å². The van der Waals surface area contributed by atoms with E-state index in [-0.39, 0.29) is 0 Å². The van der Waals surface area contributed by atoms with E-state index in [1.54, 1.807) is 6.67 Å². The van der Waals surface area contributed by atoms with Crippen molar-refractivity contribution < 1.29 is 13.2 Å². The average Bonchev–Trinajstić information content (AvgIpc) is 2.57. The molecule has 0 saturated heterocycles. The normalized spacial score (nSPS) is 15.6. The maximum Gasteiger partial charge on any atom is 0.416 e. The molecular formula is C12H15F3N3.